The van der Waals surface area contributed by atoms with E-state index < -0.39 is 53.9 Å². The molecule has 5 amide bonds. The number of aromatic hydroxyl groups is 2. The summed E-state index contributed by atoms with van der Waals surface area (Å²) >= 11 is 0. The molecule has 1 unspecified atom stereocenters. The number of carbonyl (C=O) groups is 5. The molecule has 2 aliphatic rings. The maximum Gasteiger partial charge on any atom is 0.573 e. The quantitative estimate of drug-likeness (QED) is 0.0501. The van der Waals surface area contributed by atoms with Crippen LogP contribution in [0.15, 0.2) is 140 Å². The summed E-state index contributed by atoms with van der Waals surface area (Å²) in [6, 6.07) is 27.6. The topological polar surface area (TPSA) is 272 Å². The fraction of sp³-hybridized carbons (Fsp3) is 0.254. The largest absolute Gasteiger partial charge is 0.573 e. The van der Waals surface area contributed by atoms with E-state index in [4.69, 9.17) is 5.73 Å². The zero-order valence-corrected chi connectivity index (χ0v) is 45.8. The first kappa shape index (κ1) is 61.9. The first-order valence-corrected chi connectivity index (χ1v) is 26.7. The molecule has 0 aliphatic heterocycles. The van der Waals surface area contributed by atoms with E-state index in [1.807, 2.05) is 13.8 Å². The number of phenolic OH excluding ortho intramolecular Hbond substituents is 2. The summed E-state index contributed by atoms with van der Waals surface area (Å²) in [4.78, 5) is 61.1. The van der Waals surface area contributed by atoms with Crippen LogP contribution in [0.3, 0.4) is 0 Å². The van der Waals surface area contributed by atoms with Gasteiger partial charge in [0.2, 0.25) is 0 Å². The Bertz CT molecular complexity index is 3690. The lowest BCUT2D eigenvalue weighted by molar-refractivity contribution is -0.275. The third-order valence-corrected chi connectivity index (χ3v) is 13.8. The molecule has 2 aliphatic carbocycles. The van der Waals surface area contributed by atoms with E-state index in [2.05, 4.69) is 46.0 Å². The molecule has 0 spiro atoms. The fourth-order valence-corrected chi connectivity index (χ4v) is 8.70. The van der Waals surface area contributed by atoms with Crippen LogP contribution in [0.25, 0.3) is 22.5 Å². The van der Waals surface area contributed by atoms with Gasteiger partial charge in [-0.2, -0.15) is 29.3 Å². The number of hydrogen-bond acceptors (Lipinski definition) is 12. The molecule has 10 rings (SSSR count). The summed E-state index contributed by atoms with van der Waals surface area (Å²) in [7, 11) is 0. The average Bonchev–Trinajstić information content (AvgIpc) is 2.53. The first-order valence-electron chi connectivity index (χ1n) is 26.7. The summed E-state index contributed by atoms with van der Waals surface area (Å²) in [5, 5.41) is 44.6. The standard InChI is InChI=1S/C29H24F4N4O4.C26H27F3N4O4.C4H5N3O/c30-23-7-2-1-4-19(23)16-34-28(40)37-25(17-5-3-6-17)15-24(36-37)22-13-10-20(14-26(22)38)35-27(39)18-8-11-21(12-9-18)41-29(31,32)33;1-3-15(2)30-25(36)33-22(16-5-4-6-16)14-21(32-33)20-12-9-18(13-23(20)34)31-24(35)17-7-10-19(11-8-17)37-26(27,28)29;5-4(8)7-3-1-2-6-7/h1-2,4,7-15,17,38H,3,5-6,16H2,(H,34,40)(H,35,39);7-16,34H,3-6H2,1-2H3,(H,30,36)(H,31,35);1-3H,(H2,5,8). The summed E-state index contributed by atoms with van der Waals surface area (Å²) < 4.78 is 99.3. The van der Waals surface area contributed by atoms with Crippen molar-refractivity contribution in [2.75, 3.05) is 10.6 Å². The number of anilines is 2. The zero-order valence-electron chi connectivity index (χ0n) is 45.8. The Morgan fingerprint density at radius 2 is 1.12 bits per heavy atom. The van der Waals surface area contributed by atoms with Crippen LogP contribution >= 0.6 is 0 Å². The summed E-state index contributed by atoms with van der Waals surface area (Å²) in [6.07, 6.45) is -0.138. The molecule has 1 atom stereocenters. The number of nitrogens with two attached hydrogens (primary N) is 1. The Balaban J connectivity index is 0.000000198. The van der Waals surface area contributed by atoms with Gasteiger partial charge in [-0.1, -0.05) is 38.0 Å². The number of ether oxygens (including phenoxy) is 2. The van der Waals surface area contributed by atoms with E-state index in [9.17, 15) is 64.9 Å². The number of nitrogens with one attached hydrogen (secondary N) is 4. The van der Waals surface area contributed by atoms with Crippen LogP contribution in [0.2, 0.25) is 0 Å². The number of alkyl halides is 6. The van der Waals surface area contributed by atoms with Gasteiger partial charge in [-0.15, -0.1) is 26.3 Å². The highest BCUT2D eigenvalue weighted by atomic mass is 19.4. The van der Waals surface area contributed by atoms with Gasteiger partial charge < -0.3 is 46.7 Å². The highest BCUT2D eigenvalue weighted by Crippen LogP contribution is 2.41. The lowest BCUT2D eigenvalue weighted by Gasteiger charge is -2.25. The third kappa shape index (κ3) is 16.3. The molecular formula is C59H56F7N11O9. The van der Waals surface area contributed by atoms with Crippen LogP contribution in [-0.4, -0.2) is 88.2 Å². The van der Waals surface area contributed by atoms with E-state index in [0.717, 1.165) is 79.6 Å². The van der Waals surface area contributed by atoms with Gasteiger partial charge in [-0.25, -0.2) is 18.8 Å². The number of rotatable bonds is 14. The highest BCUT2D eigenvalue weighted by Gasteiger charge is 2.33. The van der Waals surface area contributed by atoms with Crippen molar-refractivity contribution >= 4 is 41.3 Å². The van der Waals surface area contributed by atoms with E-state index in [-0.39, 0.29) is 64.5 Å². The summed E-state index contributed by atoms with van der Waals surface area (Å²) in [5.41, 5.74) is 8.77. The zero-order chi connectivity index (χ0) is 61.9. The van der Waals surface area contributed by atoms with Crippen molar-refractivity contribution in [3.63, 3.8) is 0 Å². The molecule has 0 saturated heterocycles. The normalized spacial score (nSPS) is 13.5. The second-order valence-corrected chi connectivity index (χ2v) is 19.8. The maximum atomic E-state index is 14.0. The van der Waals surface area contributed by atoms with Crippen molar-refractivity contribution in [2.45, 2.75) is 95.9 Å². The molecule has 3 heterocycles. The number of phenols is 2. The average molecular weight is 1200 g/mol. The van der Waals surface area contributed by atoms with Gasteiger partial charge in [0.1, 0.15) is 28.8 Å². The van der Waals surface area contributed by atoms with Crippen LogP contribution in [0.1, 0.15) is 108 Å². The predicted molar refractivity (Wildman–Crippen MR) is 299 cm³/mol. The van der Waals surface area contributed by atoms with Crippen LogP contribution in [-0.2, 0) is 6.54 Å². The van der Waals surface area contributed by atoms with Crippen LogP contribution < -0.4 is 36.5 Å². The molecule has 3 aromatic heterocycles. The van der Waals surface area contributed by atoms with Crippen molar-refractivity contribution in [1.29, 1.82) is 0 Å². The van der Waals surface area contributed by atoms with Crippen molar-refractivity contribution in [2.24, 2.45) is 5.73 Å². The molecule has 8 N–H and O–H groups in total. The van der Waals surface area contributed by atoms with Crippen molar-refractivity contribution in [3.8, 4) is 45.5 Å². The van der Waals surface area contributed by atoms with Gasteiger partial charge >= 0.3 is 30.8 Å². The molecule has 0 radical (unpaired) electrons. The van der Waals surface area contributed by atoms with Crippen LogP contribution in [0, 0.1) is 5.82 Å². The predicted octanol–water partition coefficient (Wildman–Crippen LogP) is 12.4. The van der Waals surface area contributed by atoms with E-state index in [1.54, 1.807) is 48.5 Å². The molecular weight excluding hydrogens is 1140 g/mol. The van der Waals surface area contributed by atoms with Gasteiger partial charge in [0.05, 0.1) is 22.8 Å². The van der Waals surface area contributed by atoms with E-state index in [0.29, 0.717) is 33.8 Å². The lowest BCUT2D eigenvalue weighted by atomic mass is 9.82. The van der Waals surface area contributed by atoms with Gasteiger partial charge in [0.25, 0.3) is 11.8 Å². The number of nitrogens with zero attached hydrogens (tertiary/aromatic N) is 6. The number of carbonyl (C=O) groups excluding carboxylic acids is 5. The monoisotopic (exact) mass is 1200 g/mol. The number of amides is 5. The number of primary amides is 1. The molecule has 8 aromatic rings. The highest BCUT2D eigenvalue weighted by molar-refractivity contribution is 6.05. The van der Waals surface area contributed by atoms with Gasteiger partial charge in [-0.05, 0) is 136 Å². The Labute approximate surface area is 485 Å². The Hall–Kier alpha value is -10.2. The lowest BCUT2D eigenvalue weighted by Crippen LogP contribution is -2.37. The maximum absolute atomic E-state index is 14.0. The smallest absolute Gasteiger partial charge is 0.507 e. The molecule has 2 saturated carbocycles. The second kappa shape index (κ2) is 27.0. The summed E-state index contributed by atoms with van der Waals surface area (Å²) in [6.45, 7) is 3.86. The number of hydrogen-bond donors (Lipinski definition) is 7. The van der Waals surface area contributed by atoms with Crippen LogP contribution in [0.4, 0.5) is 56.5 Å². The van der Waals surface area contributed by atoms with Gasteiger partial charge in [0.15, 0.2) is 0 Å². The second-order valence-electron chi connectivity index (χ2n) is 19.8. The molecule has 86 heavy (non-hydrogen) atoms. The van der Waals surface area contributed by atoms with Crippen molar-refractivity contribution in [3.05, 3.63) is 174 Å². The Kier molecular flexibility index (Phi) is 19.4. The van der Waals surface area contributed by atoms with Gasteiger partial charge in [-0.3, -0.25) is 9.59 Å². The minimum Gasteiger partial charge on any atom is -0.507 e. The number of halogens is 7. The van der Waals surface area contributed by atoms with Crippen molar-refractivity contribution < 1.29 is 74.4 Å². The van der Waals surface area contributed by atoms with E-state index in [1.165, 1.54) is 76.4 Å². The fourth-order valence-electron chi connectivity index (χ4n) is 8.70. The molecule has 27 heteroatoms. The van der Waals surface area contributed by atoms with Crippen LogP contribution in [0.5, 0.6) is 23.0 Å². The molecule has 5 aromatic carbocycles. The SMILES string of the molecule is CCC(C)NC(=O)n1nc(-c2ccc(NC(=O)c3ccc(OC(F)(F)F)cc3)cc2O)cc1C1CCC1.NC(=O)n1cccn1.O=C(Nc1ccc(-c2cc(C3CCC3)n(C(=O)NCc3ccccc3F)n2)c(O)c1)c1ccc(OC(F)(F)F)cc1. The number of benzene rings is 5. The minimum atomic E-state index is -4.84. The van der Waals surface area contributed by atoms with Gasteiger partial charge in [0, 0.05) is 88.1 Å². The summed E-state index contributed by atoms with van der Waals surface area (Å²) in [5.74, 6) is -2.56. The Morgan fingerprint density at radius 3 is 1.49 bits per heavy atom. The number of aromatic nitrogens is 6. The minimum absolute atomic E-state index is 0.0148. The molecule has 450 valence electrons. The first-order chi connectivity index (χ1) is 40.9. The molecule has 0 bridgehead atoms. The van der Waals surface area contributed by atoms with E-state index >= 15 is 0 Å². The molecule has 20 nitrogen and oxygen atoms in total. The molecule has 2 fully saturated rings. The Morgan fingerprint density at radius 1 is 0.651 bits per heavy atom. The van der Waals surface area contributed by atoms with Crippen molar-refractivity contribution in [1.82, 2.24) is 40.0 Å². The third-order valence-electron chi connectivity index (χ3n) is 13.8.